The second kappa shape index (κ2) is 9.66. The molecule has 0 saturated carbocycles. The minimum Gasteiger partial charge on any atom is -0.488 e. The molecule has 4 aliphatic heterocycles. The average molecular weight is 524 g/mol. The van der Waals surface area contributed by atoms with E-state index in [0.29, 0.717) is 18.0 Å². The Hall–Kier alpha value is -3.52. The van der Waals surface area contributed by atoms with Crippen molar-refractivity contribution < 1.29 is 14.6 Å². The van der Waals surface area contributed by atoms with Gasteiger partial charge in [0.2, 0.25) is 0 Å². The van der Waals surface area contributed by atoms with Crippen LogP contribution in [0.4, 0.5) is 0 Å². The van der Waals surface area contributed by atoms with E-state index in [1.165, 1.54) is 21.6 Å². The lowest BCUT2D eigenvalue weighted by molar-refractivity contribution is -0.161. The molecule has 3 aromatic carbocycles. The number of aliphatic hydroxyl groups excluding tert-OH is 1. The molecule has 0 radical (unpaired) electrons. The van der Waals surface area contributed by atoms with Gasteiger partial charge >= 0.3 is 0 Å². The quantitative estimate of drug-likeness (QED) is 0.509. The molecule has 7 rings (SSSR count). The third kappa shape index (κ3) is 3.85. The van der Waals surface area contributed by atoms with Gasteiger partial charge in [-0.25, -0.2) is 0 Å². The Bertz CT molecular complexity index is 1390. The Morgan fingerprint density at radius 2 is 1.71 bits per heavy atom. The summed E-state index contributed by atoms with van der Waals surface area (Å²) in [5, 5.41) is 15.3. The van der Waals surface area contributed by atoms with Gasteiger partial charge in [0.15, 0.2) is 11.5 Å². The predicted molar refractivity (Wildman–Crippen MR) is 146 cm³/mol. The molecule has 7 heteroatoms. The van der Waals surface area contributed by atoms with Crippen molar-refractivity contribution in [3.8, 4) is 0 Å². The third-order valence-electron chi connectivity index (χ3n) is 7.83. The number of carbonyl (C=O) groups excluding carboxylic acids is 1. The van der Waals surface area contributed by atoms with E-state index in [1.807, 2.05) is 58.2 Å². The molecular weight excluding hydrogens is 494 g/mol. The molecule has 2 fully saturated rings. The zero-order chi connectivity index (χ0) is 25.6. The molecule has 1 N–H and O–H groups in total. The number of rotatable bonds is 4. The first kappa shape index (κ1) is 23.6. The maximum absolute atomic E-state index is 14.0. The molecule has 0 bridgehead atoms. The van der Waals surface area contributed by atoms with Gasteiger partial charge in [-0.15, -0.1) is 11.8 Å². The summed E-state index contributed by atoms with van der Waals surface area (Å²) in [4.78, 5) is 17.2. The fourth-order valence-corrected chi connectivity index (χ4v) is 7.17. The monoisotopic (exact) mass is 523 g/mol. The highest BCUT2D eigenvalue weighted by Gasteiger charge is 2.50. The Balaban J connectivity index is 1.38. The fraction of sp³-hybridized carbons (Fsp3) is 0.258. The lowest BCUT2D eigenvalue weighted by Gasteiger charge is -2.52. The topological polar surface area (TPSA) is 56.3 Å². The molecule has 0 aromatic heterocycles. The van der Waals surface area contributed by atoms with Crippen LogP contribution in [0.2, 0.25) is 0 Å². The first-order valence-corrected chi connectivity index (χ1v) is 14.1. The van der Waals surface area contributed by atoms with Crippen LogP contribution in [-0.4, -0.2) is 44.7 Å². The van der Waals surface area contributed by atoms with E-state index in [4.69, 9.17) is 4.74 Å². The van der Waals surface area contributed by atoms with Gasteiger partial charge in [-0.05, 0) is 47.2 Å². The highest BCUT2D eigenvalue weighted by Crippen LogP contribution is 2.48. The second-order valence-corrected chi connectivity index (χ2v) is 11.1. The summed E-state index contributed by atoms with van der Waals surface area (Å²) in [6.45, 7) is 0.967. The van der Waals surface area contributed by atoms with Gasteiger partial charge in [-0.1, -0.05) is 72.8 Å². The summed E-state index contributed by atoms with van der Waals surface area (Å²) in [7, 11) is 0. The minimum atomic E-state index is -0.987. The van der Waals surface area contributed by atoms with Crippen molar-refractivity contribution >= 4 is 17.7 Å². The summed E-state index contributed by atoms with van der Waals surface area (Å²) in [6.07, 6.45) is 4.32. The molecule has 3 aromatic rings. The number of benzene rings is 3. The van der Waals surface area contributed by atoms with Gasteiger partial charge in [0.1, 0.15) is 18.9 Å². The summed E-state index contributed by atoms with van der Waals surface area (Å²) in [6, 6.07) is 27.0. The molecular formula is C31H29N3O3S. The number of fused-ring (bicyclic) bond motifs is 4. The molecule has 192 valence electrons. The summed E-state index contributed by atoms with van der Waals surface area (Å²) in [5.41, 5.74) is 5.16. The van der Waals surface area contributed by atoms with E-state index in [-0.39, 0.29) is 24.7 Å². The lowest BCUT2D eigenvalue weighted by Crippen LogP contribution is -2.62. The number of hydrogen-bond acceptors (Lipinski definition) is 6. The maximum Gasteiger partial charge on any atom is 0.276 e. The third-order valence-corrected chi connectivity index (χ3v) is 8.97. The molecule has 0 aliphatic carbocycles. The Kier molecular flexibility index (Phi) is 5.99. The number of thioether (sulfide) groups is 1. The predicted octanol–water partition coefficient (Wildman–Crippen LogP) is 5.18. The lowest BCUT2D eigenvalue weighted by atomic mass is 9.93. The van der Waals surface area contributed by atoms with Gasteiger partial charge in [-0.3, -0.25) is 9.80 Å². The van der Waals surface area contributed by atoms with Gasteiger partial charge in [0, 0.05) is 23.4 Å². The van der Waals surface area contributed by atoms with Gasteiger partial charge < -0.3 is 14.7 Å². The maximum atomic E-state index is 14.0. The highest BCUT2D eigenvalue weighted by atomic mass is 32.2. The smallest absolute Gasteiger partial charge is 0.276 e. The zero-order valence-electron chi connectivity index (χ0n) is 20.9. The van der Waals surface area contributed by atoms with E-state index in [0.717, 1.165) is 24.2 Å². The number of hydrogen-bond donors (Lipinski definition) is 1. The van der Waals surface area contributed by atoms with Crippen LogP contribution < -0.4 is 0 Å². The van der Waals surface area contributed by atoms with E-state index >= 15 is 0 Å². The van der Waals surface area contributed by atoms with Crippen molar-refractivity contribution in [2.24, 2.45) is 0 Å². The normalized spacial score (nSPS) is 24.4. The van der Waals surface area contributed by atoms with Gasteiger partial charge in [0.05, 0.1) is 6.04 Å². The number of hydrazine groups is 1. The van der Waals surface area contributed by atoms with Crippen molar-refractivity contribution in [2.75, 3.05) is 6.54 Å². The number of aliphatic hydroxyl groups is 1. The number of amides is 1. The number of carbonyl (C=O) groups is 1. The van der Waals surface area contributed by atoms with E-state index in [2.05, 4.69) is 53.5 Å². The van der Waals surface area contributed by atoms with Crippen LogP contribution in [0.5, 0.6) is 0 Å². The van der Waals surface area contributed by atoms with Crippen molar-refractivity contribution in [3.63, 3.8) is 0 Å². The SMILES string of the molecule is O=C1C2=C(OCc3ccccc3)C(O)C=CN2N(C2c3ccccc3CSc3ccccc32)C2CCCN12. The van der Waals surface area contributed by atoms with Gasteiger partial charge in [0.25, 0.3) is 5.91 Å². The van der Waals surface area contributed by atoms with Crippen molar-refractivity contribution in [1.29, 1.82) is 0 Å². The van der Waals surface area contributed by atoms with E-state index in [1.54, 1.807) is 6.08 Å². The van der Waals surface area contributed by atoms with Crippen LogP contribution in [0.25, 0.3) is 0 Å². The molecule has 4 heterocycles. The van der Waals surface area contributed by atoms with Crippen LogP contribution in [0.15, 0.2) is 107 Å². The summed E-state index contributed by atoms with van der Waals surface area (Å²) < 4.78 is 6.23. The standard InChI is InChI=1S/C31H29N3O3S/c35-25-16-18-33-29(30(25)37-19-21-9-2-1-3-10-21)31(36)32-17-8-15-27(32)34(33)28-23-12-5-4-11-22(23)20-38-26-14-7-6-13-24(26)28/h1-7,9-14,16,18,25,27-28,35H,8,15,17,19-20H2. The van der Waals surface area contributed by atoms with Crippen LogP contribution in [0.1, 0.15) is 41.1 Å². The molecule has 3 unspecified atom stereocenters. The Morgan fingerprint density at radius 1 is 0.947 bits per heavy atom. The molecule has 2 saturated heterocycles. The van der Waals surface area contributed by atoms with Crippen LogP contribution in [-0.2, 0) is 21.9 Å². The Labute approximate surface area is 226 Å². The number of ether oxygens (including phenoxy) is 1. The highest BCUT2D eigenvalue weighted by molar-refractivity contribution is 7.98. The molecule has 1 amide bonds. The summed E-state index contributed by atoms with van der Waals surface area (Å²) in [5.74, 6) is 1.12. The van der Waals surface area contributed by atoms with E-state index < -0.39 is 6.10 Å². The second-order valence-electron chi connectivity index (χ2n) is 10.0. The van der Waals surface area contributed by atoms with Crippen LogP contribution in [0, 0.1) is 0 Å². The Morgan fingerprint density at radius 3 is 2.58 bits per heavy atom. The van der Waals surface area contributed by atoms with Crippen LogP contribution in [0.3, 0.4) is 0 Å². The minimum absolute atomic E-state index is 0.0835. The van der Waals surface area contributed by atoms with E-state index in [9.17, 15) is 9.90 Å². The summed E-state index contributed by atoms with van der Waals surface area (Å²) >= 11 is 1.86. The molecule has 6 nitrogen and oxygen atoms in total. The van der Waals surface area contributed by atoms with Crippen LogP contribution >= 0.6 is 11.8 Å². The fourth-order valence-electron chi connectivity index (χ4n) is 6.08. The van der Waals surface area contributed by atoms with Crippen molar-refractivity contribution in [1.82, 2.24) is 14.9 Å². The zero-order valence-corrected chi connectivity index (χ0v) is 21.8. The molecule has 0 spiro atoms. The van der Waals surface area contributed by atoms with Crippen molar-refractivity contribution in [3.05, 3.63) is 125 Å². The molecule has 4 aliphatic rings. The molecule has 3 atom stereocenters. The number of nitrogens with zero attached hydrogens (tertiary/aromatic N) is 3. The first-order chi connectivity index (χ1) is 18.7. The molecule has 38 heavy (non-hydrogen) atoms. The first-order valence-electron chi connectivity index (χ1n) is 13.2. The largest absolute Gasteiger partial charge is 0.488 e. The van der Waals surface area contributed by atoms with Crippen molar-refractivity contribution in [2.45, 2.75) is 48.4 Å². The van der Waals surface area contributed by atoms with Gasteiger partial charge in [-0.2, -0.15) is 5.01 Å². The average Bonchev–Trinajstić information content (AvgIpc) is 3.39.